The topological polar surface area (TPSA) is 28.0 Å². The molecular weight excluding hydrogens is 258 g/mol. The molecule has 0 aliphatic carbocycles. The van der Waals surface area contributed by atoms with E-state index in [1.807, 2.05) is 45.1 Å². The van der Waals surface area contributed by atoms with Crippen molar-refractivity contribution < 1.29 is 0 Å². The van der Waals surface area contributed by atoms with Crippen LogP contribution in [0.15, 0.2) is 57.3 Å². The third-order valence-electron chi connectivity index (χ3n) is 2.15. The molecule has 0 saturated carbocycles. The molecule has 0 rings (SSSR count). The fourth-order valence-corrected chi connectivity index (χ4v) is 1.44. The lowest BCUT2D eigenvalue weighted by Gasteiger charge is -2.08. The molecule has 0 unspecified atom stereocenters. The van der Waals surface area contributed by atoms with Gasteiger partial charge >= 0.3 is 0 Å². The number of nitrogens with zero attached hydrogens (tertiary/aromatic N) is 3. The van der Waals surface area contributed by atoms with Gasteiger partial charge < -0.3 is 4.90 Å². The van der Waals surface area contributed by atoms with Crippen LogP contribution in [0.25, 0.3) is 0 Å². The first-order valence-electron chi connectivity index (χ1n) is 5.92. The molecule has 0 N–H and O–H groups in total. The van der Waals surface area contributed by atoms with Gasteiger partial charge in [0, 0.05) is 26.0 Å². The van der Waals surface area contributed by atoms with Crippen LogP contribution in [0.5, 0.6) is 0 Å². The molecule has 3 nitrogen and oxygen atoms in total. The van der Waals surface area contributed by atoms with Gasteiger partial charge in [-0.25, -0.2) is 0 Å². The Morgan fingerprint density at radius 3 is 2.37 bits per heavy atom. The van der Waals surface area contributed by atoms with E-state index in [0.717, 1.165) is 16.9 Å². The lowest BCUT2D eigenvalue weighted by Crippen LogP contribution is -2.04. The van der Waals surface area contributed by atoms with Gasteiger partial charge in [-0.15, -0.1) is 0 Å². The fourth-order valence-electron chi connectivity index (χ4n) is 1.29. The average Bonchev–Trinajstić information content (AvgIpc) is 2.34. The van der Waals surface area contributed by atoms with E-state index in [9.17, 15) is 0 Å². The average molecular weight is 280 g/mol. The van der Waals surface area contributed by atoms with Gasteiger partial charge in [-0.2, -0.15) is 0 Å². The Bertz CT molecular complexity index is 440. The minimum Gasteiger partial charge on any atom is -0.383 e. The first kappa shape index (κ1) is 17.4. The van der Waals surface area contributed by atoms with Crippen LogP contribution < -0.4 is 0 Å². The molecule has 0 amide bonds. The lowest BCUT2D eigenvalue weighted by atomic mass is 10.2. The van der Waals surface area contributed by atoms with Crippen molar-refractivity contribution in [1.29, 1.82) is 0 Å². The smallest absolute Gasteiger partial charge is 0.130 e. The van der Waals surface area contributed by atoms with E-state index in [2.05, 4.69) is 29.4 Å². The zero-order valence-electron chi connectivity index (χ0n) is 12.2. The molecule has 0 radical (unpaired) electrons. The predicted molar refractivity (Wildman–Crippen MR) is 87.2 cm³/mol. The lowest BCUT2D eigenvalue weighted by molar-refractivity contribution is 0.558. The molecule has 4 heteroatoms. The molecule has 104 valence electrons. The summed E-state index contributed by atoms with van der Waals surface area (Å²) >= 11 is 5.77. The first-order valence-corrected chi connectivity index (χ1v) is 6.29. The van der Waals surface area contributed by atoms with Crippen LogP contribution in [0.3, 0.4) is 0 Å². The summed E-state index contributed by atoms with van der Waals surface area (Å²) in [6.45, 7) is 11.6. The summed E-state index contributed by atoms with van der Waals surface area (Å²) in [7, 11) is 3.96. The highest BCUT2D eigenvalue weighted by Gasteiger charge is 1.96. The SMILES string of the molecule is C=C/C(C)=C\C(=C/N(C)C)C/N=C(C)\C=C(\Cl)N=C. The number of allylic oxidation sites excluding steroid dienone is 3. The van der Waals surface area contributed by atoms with Crippen LogP contribution in [0.2, 0.25) is 0 Å². The van der Waals surface area contributed by atoms with Crippen LogP contribution in [0, 0.1) is 0 Å². The normalized spacial score (nSPS) is 14.4. The Kier molecular flexibility index (Phi) is 8.55. The maximum absolute atomic E-state index is 5.77. The number of aliphatic imine (C=N–C) groups is 2. The second-order valence-electron chi connectivity index (χ2n) is 4.34. The Labute approximate surface area is 121 Å². The molecule has 0 aliphatic rings. The van der Waals surface area contributed by atoms with Gasteiger partial charge in [-0.3, -0.25) is 9.98 Å². The Morgan fingerprint density at radius 1 is 1.26 bits per heavy atom. The number of rotatable bonds is 7. The van der Waals surface area contributed by atoms with Gasteiger partial charge in [0.05, 0.1) is 6.54 Å². The van der Waals surface area contributed by atoms with Crippen molar-refractivity contribution in [2.24, 2.45) is 9.98 Å². The molecule has 0 spiro atoms. The molecule has 0 bridgehead atoms. The number of halogens is 1. The van der Waals surface area contributed by atoms with Crippen molar-refractivity contribution in [1.82, 2.24) is 4.90 Å². The molecule has 0 fully saturated rings. The molecule has 0 aromatic heterocycles. The molecule has 0 atom stereocenters. The molecule has 0 aromatic rings. The van der Waals surface area contributed by atoms with Crippen LogP contribution in [0.4, 0.5) is 0 Å². The van der Waals surface area contributed by atoms with Gasteiger partial charge in [0.25, 0.3) is 0 Å². The fraction of sp³-hybridized carbons (Fsp3) is 0.333. The highest BCUT2D eigenvalue weighted by atomic mass is 35.5. The Morgan fingerprint density at radius 2 is 1.89 bits per heavy atom. The summed E-state index contributed by atoms with van der Waals surface area (Å²) in [5.41, 5.74) is 3.01. The highest BCUT2D eigenvalue weighted by molar-refractivity contribution is 6.31. The minimum atomic E-state index is 0.345. The van der Waals surface area contributed by atoms with Gasteiger partial charge in [-0.05, 0) is 32.2 Å². The molecule has 0 aromatic carbocycles. The van der Waals surface area contributed by atoms with Crippen molar-refractivity contribution in [3.63, 3.8) is 0 Å². The summed E-state index contributed by atoms with van der Waals surface area (Å²) in [4.78, 5) is 10.0. The third kappa shape index (κ3) is 9.03. The van der Waals surface area contributed by atoms with Crippen LogP contribution in [0.1, 0.15) is 13.8 Å². The number of hydrogen-bond acceptors (Lipinski definition) is 3. The van der Waals surface area contributed by atoms with E-state index in [0.29, 0.717) is 11.7 Å². The van der Waals surface area contributed by atoms with E-state index in [-0.39, 0.29) is 0 Å². The third-order valence-corrected chi connectivity index (χ3v) is 2.38. The van der Waals surface area contributed by atoms with Gasteiger partial charge in [0.1, 0.15) is 5.16 Å². The second kappa shape index (κ2) is 9.34. The van der Waals surface area contributed by atoms with E-state index < -0.39 is 0 Å². The summed E-state index contributed by atoms with van der Waals surface area (Å²) in [6.07, 6.45) is 7.59. The standard InChI is InChI=1S/C15H22ClN3/c1-7-12(2)8-14(11-19(5)6)10-18-13(3)9-15(16)17-4/h7-9,11H,1,4,10H2,2-3,5-6H3/b12-8-,14-11+,15-9-,18-13-. The van der Waals surface area contributed by atoms with Crippen LogP contribution >= 0.6 is 11.6 Å². The van der Waals surface area contributed by atoms with Crippen LogP contribution in [-0.4, -0.2) is 38.0 Å². The maximum atomic E-state index is 5.77. The van der Waals surface area contributed by atoms with Crippen molar-refractivity contribution in [3.05, 3.63) is 47.3 Å². The van der Waals surface area contributed by atoms with Gasteiger partial charge in [-0.1, -0.05) is 35.9 Å². The van der Waals surface area contributed by atoms with Crippen LogP contribution in [-0.2, 0) is 0 Å². The predicted octanol–water partition coefficient (Wildman–Crippen LogP) is 3.81. The van der Waals surface area contributed by atoms with Crippen molar-refractivity contribution in [2.45, 2.75) is 13.8 Å². The Balaban J connectivity index is 5.00. The highest BCUT2D eigenvalue weighted by Crippen LogP contribution is 2.07. The molecule has 0 aliphatic heterocycles. The van der Waals surface area contributed by atoms with Gasteiger partial charge in [0.2, 0.25) is 0 Å². The van der Waals surface area contributed by atoms with Crippen molar-refractivity contribution in [3.8, 4) is 0 Å². The zero-order chi connectivity index (χ0) is 14.8. The largest absolute Gasteiger partial charge is 0.383 e. The van der Waals surface area contributed by atoms with E-state index in [1.165, 1.54) is 0 Å². The monoisotopic (exact) mass is 279 g/mol. The second-order valence-corrected chi connectivity index (χ2v) is 4.73. The first-order chi connectivity index (χ1) is 8.88. The molecule has 0 saturated heterocycles. The summed E-state index contributed by atoms with van der Waals surface area (Å²) in [5.74, 6) is 0. The number of hydrogen-bond donors (Lipinski definition) is 0. The summed E-state index contributed by atoms with van der Waals surface area (Å²) < 4.78 is 0. The summed E-state index contributed by atoms with van der Waals surface area (Å²) in [5, 5.41) is 0.345. The van der Waals surface area contributed by atoms with E-state index >= 15 is 0 Å². The maximum Gasteiger partial charge on any atom is 0.130 e. The molecule has 19 heavy (non-hydrogen) atoms. The van der Waals surface area contributed by atoms with Gasteiger partial charge in [0.15, 0.2) is 0 Å². The summed E-state index contributed by atoms with van der Waals surface area (Å²) in [6, 6.07) is 0. The van der Waals surface area contributed by atoms with Crippen molar-refractivity contribution >= 4 is 24.0 Å². The molecular formula is C15H22ClN3. The quantitative estimate of drug-likeness (QED) is 0.396. The van der Waals surface area contributed by atoms with E-state index in [4.69, 9.17) is 11.6 Å². The van der Waals surface area contributed by atoms with Crippen molar-refractivity contribution in [2.75, 3.05) is 20.6 Å². The Hall–Kier alpha value is -1.61. The van der Waals surface area contributed by atoms with E-state index in [1.54, 1.807) is 6.08 Å². The molecule has 0 heterocycles. The minimum absolute atomic E-state index is 0.345. The zero-order valence-corrected chi connectivity index (χ0v) is 12.9.